The van der Waals surface area contributed by atoms with Crippen molar-refractivity contribution < 1.29 is 9.53 Å². The summed E-state index contributed by atoms with van der Waals surface area (Å²) in [5.41, 5.74) is 1.58. The Balaban J connectivity index is 1.28. The Bertz CT molecular complexity index is 783. The van der Waals surface area contributed by atoms with Crippen LogP contribution in [-0.4, -0.2) is 38.3 Å². The van der Waals surface area contributed by atoms with Crippen LogP contribution in [0, 0.1) is 0 Å². The van der Waals surface area contributed by atoms with E-state index in [1.807, 2.05) is 0 Å². The Morgan fingerprint density at radius 1 is 0.771 bits per heavy atom. The van der Waals surface area contributed by atoms with Crippen LogP contribution in [0.1, 0.15) is 129 Å². The molecule has 7 heteroatoms. The van der Waals surface area contributed by atoms with E-state index < -0.39 is 0 Å². The van der Waals surface area contributed by atoms with Crippen LogP contribution in [0.15, 0.2) is 17.7 Å². The average Bonchev–Trinajstić information content (AvgIpc) is 3.35. The van der Waals surface area contributed by atoms with Crippen molar-refractivity contribution in [2.45, 2.75) is 134 Å². The van der Waals surface area contributed by atoms with Crippen molar-refractivity contribution in [1.82, 2.24) is 19.9 Å². The molecule has 0 aliphatic rings. The van der Waals surface area contributed by atoms with E-state index in [4.69, 9.17) is 4.74 Å². The zero-order chi connectivity index (χ0) is 24.8. The number of thioether (sulfide) groups is 1. The molecule has 0 fully saturated rings. The molecule has 198 valence electrons. The molecule has 2 rings (SSSR count). The van der Waals surface area contributed by atoms with E-state index in [2.05, 4.69) is 26.9 Å². The molecule has 2 aromatic rings. The number of fused-ring (bicyclic) bond motifs is 1. The molecule has 1 N–H and O–H groups in total. The predicted molar refractivity (Wildman–Crippen MR) is 147 cm³/mol. The molecule has 0 unspecified atom stereocenters. The molecule has 0 atom stereocenters. The van der Waals surface area contributed by atoms with Crippen molar-refractivity contribution >= 4 is 28.9 Å². The molecule has 0 amide bonds. The Kier molecular flexibility index (Phi) is 17.4. The summed E-state index contributed by atoms with van der Waals surface area (Å²) in [6, 6.07) is 0. The monoisotopic (exact) mass is 504 g/mol. The molecular weight excluding hydrogens is 456 g/mol. The number of aromatic nitrogens is 4. The molecule has 0 saturated heterocycles. The maximum Gasteiger partial charge on any atom is 0.305 e. The highest BCUT2D eigenvalue weighted by atomic mass is 32.2. The van der Waals surface area contributed by atoms with Crippen molar-refractivity contribution in [1.29, 1.82) is 0 Å². The Hall–Kier alpha value is -1.63. The smallest absolute Gasteiger partial charge is 0.305 e. The summed E-state index contributed by atoms with van der Waals surface area (Å²) < 4.78 is 5.39. The number of unbranched alkanes of at least 4 members (excludes halogenated alkanes) is 16. The van der Waals surface area contributed by atoms with Gasteiger partial charge in [0, 0.05) is 6.42 Å². The number of esters is 1. The van der Waals surface area contributed by atoms with E-state index in [0.717, 1.165) is 35.6 Å². The van der Waals surface area contributed by atoms with Gasteiger partial charge >= 0.3 is 5.97 Å². The number of aromatic amines is 1. The lowest BCUT2D eigenvalue weighted by atomic mass is 10.0. The van der Waals surface area contributed by atoms with Crippen LogP contribution in [0.2, 0.25) is 0 Å². The predicted octanol–water partition coefficient (Wildman–Crippen LogP) is 8.42. The fourth-order valence-corrected chi connectivity index (χ4v) is 5.26. The molecule has 35 heavy (non-hydrogen) atoms. The van der Waals surface area contributed by atoms with Gasteiger partial charge in [-0.1, -0.05) is 103 Å². The number of carbonyl (C=O) groups is 1. The lowest BCUT2D eigenvalue weighted by Crippen LogP contribution is -2.05. The van der Waals surface area contributed by atoms with Crippen molar-refractivity contribution in [3.05, 3.63) is 12.7 Å². The minimum absolute atomic E-state index is 0.0612. The van der Waals surface area contributed by atoms with Crippen molar-refractivity contribution in [3.8, 4) is 0 Å². The first kappa shape index (κ1) is 29.6. The molecule has 2 heterocycles. The highest BCUT2D eigenvalue weighted by Gasteiger charge is 2.07. The number of hydrogen-bond acceptors (Lipinski definition) is 6. The molecule has 0 radical (unpaired) electrons. The summed E-state index contributed by atoms with van der Waals surface area (Å²) in [6.45, 7) is 2.86. The summed E-state index contributed by atoms with van der Waals surface area (Å²) in [6.07, 6.45) is 27.2. The molecule has 0 aliphatic carbocycles. The average molecular weight is 505 g/mol. The lowest BCUT2D eigenvalue weighted by Gasteiger charge is -2.06. The standard InChI is InChI=1S/C28H48N4O2S/c1-2-3-4-5-6-7-8-9-10-11-12-13-14-15-16-18-21-34-25(33)20-17-19-22-35-28-26-27(30-23-29-26)31-24-32-28/h23-24H,2-22H2,1H3,(H,29,30,31,32). The van der Waals surface area contributed by atoms with Crippen LogP contribution in [0.4, 0.5) is 0 Å². The summed E-state index contributed by atoms with van der Waals surface area (Å²) >= 11 is 1.67. The normalized spacial score (nSPS) is 11.3. The first-order valence-corrected chi connectivity index (χ1v) is 15.2. The number of nitrogens with zero attached hydrogens (tertiary/aromatic N) is 3. The quantitative estimate of drug-likeness (QED) is 0.0708. The number of nitrogens with one attached hydrogen (secondary N) is 1. The van der Waals surface area contributed by atoms with Crippen molar-refractivity contribution in [3.63, 3.8) is 0 Å². The lowest BCUT2D eigenvalue weighted by molar-refractivity contribution is -0.143. The number of carbonyl (C=O) groups excluding carboxylic acids is 1. The zero-order valence-corrected chi connectivity index (χ0v) is 22.9. The van der Waals surface area contributed by atoms with Crippen molar-refractivity contribution in [2.24, 2.45) is 0 Å². The second kappa shape index (κ2) is 20.6. The Labute approximate surface area is 217 Å². The van der Waals surface area contributed by atoms with Gasteiger partial charge in [-0.3, -0.25) is 4.79 Å². The van der Waals surface area contributed by atoms with Gasteiger partial charge in [-0.05, 0) is 25.0 Å². The van der Waals surface area contributed by atoms with E-state index in [1.165, 1.54) is 96.3 Å². The van der Waals surface area contributed by atoms with Crippen LogP contribution >= 0.6 is 11.8 Å². The first-order valence-electron chi connectivity index (χ1n) is 14.2. The summed E-state index contributed by atoms with van der Waals surface area (Å²) in [7, 11) is 0. The second-order valence-corrected chi connectivity index (χ2v) is 10.7. The highest BCUT2D eigenvalue weighted by Crippen LogP contribution is 2.23. The third-order valence-electron chi connectivity index (χ3n) is 6.46. The molecule has 0 aliphatic heterocycles. The van der Waals surface area contributed by atoms with Crippen LogP contribution in [0.3, 0.4) is 0 Å². The van der Waals surface area contributed by atoms with E-state index in [0.29, 0.717) is 18.7 Å². The molecular formula is C28H48N4O2S. The second-order valence-electron chi connectivity index (χ2n) is 9.61. The van der Waals surface area contributed by atoms with Gasteiger partial charge in [0.2, 0.25) is 0 Å². The zero-order valence-electron chi connectivity index (χ0n) is 22.1. The van der Waals surface area contributed by atoms with Gasteiger partial charge in [-0.15, -0.1) is 11.8 Å². The number of rotatable bonds is 23. The van der Waals surface area contributed by atoms with Gasteiger partial charge in [-0.25, -0.2) is 15.0 Å². The number of H-pyrrole nitrogens is 1. The number of imidazole rings is 1. The Morgan fingerprint density at radius 2 is 1.37 bits per heavy atom. The fraction of sp³-hybridized carbons (Fsp3) is 0.786. The summed E-state index contributed by atoms with van der Waals surface area (Å²) in [5, 5.41) is 0.915. The van der Waals surface area contributed by atoms with E-state index in [1.54, 1.807) is 24.4 Å². The highest BCUT2D eigenvalue weighted by molar-refractivity contribution is 7.99. The third-order valence-corrected chi connectivity index (χ3v) is 7.54. The van der Waals surface area contributed by atoms with Gasteiger partial charge < -0.3 is 9.72 Å². The molecule has 0 bridgehead atoms. The maximum absolute atomic E-state index is 11.9. The van der Waals surface area contributed by atoms with E-state index in [-0.39, 0.29) is 5.97 Å². The number of hydrogen-bond donors (Lipinski definition) is 1. The van der Waals surface area contributed by atoms with E-state index >= 15 is 0 Å². The van der Waals surface area contributed by atoms with Gasteiger partial charge in [0.05, 0.1) is 12.9 Å². The molecule has 2 aromatic heterocycles. The summed E-state index contributed by atoms with van der Waals surface area (Å²) in [5.74, 6) is 0.853. The Morgan fingerprint density at radius 3 is 2.00 bits per heavy atom. The van der Waals surface area contributed by atoms with Crippen LogP contribution in [0.25, 0.3) is 11.2 Å². The first-order chi connectivity index (χ1) is 17.3. The van der Waals surface area contributed by atoms with Gasteiger partial charge in [0.15, 0.2) is 5.65 Å². The van der Waals surface area contributed by atoms with Crippen LogP contribution < -0.4 is 0 Å². The third kappa shape index (κ3) is 14.5. The van der Waals surface area contributed by atoms with Gasteiger partial charge in [0.1, 0.15) is 16.9 Å². The fourth-order valence-electron chi connectivity index (χ4n) is 4.30. The minimum Gasteiger partial charge on any atom is -0.466 e. The van der Waals surface area contributed by atoms with Crippen molar-refractivity contribution in [2.75, 3.05) is 12.4 Å². The summed E-state index contributed by atoms with van der Waals surface area (Å²) in [4.78, 5) is 27.6. The SMILES string of the molecule is CCCCCCCCCCCCCCCCCCOC(=O)CCCCSc1ncnc2nc[nH]c12. The maximum atomic E-state index is 11.9. The van der Waals surface area contributed by atoms with Crippen LogP contribution in [0.5, 0.6) is 0 Å². The van der Waals surface area contributed by atoms with Gasteiger partial charge in [0.25, 0.3) is 0 Å². The largest absolute Gasteiger partial charge is 0.466 e. The molecule has 0 spiro atoms. The van der Waals surface area contributed by atoms with Gasteiger partial charge in [-0.2, -0.15) is 0 Å². The topological polar surface area (TPSA) is 80.8 Å². The molecule has 0 saturated carbocycles. The molecule has 6 nitrogen and oxygen atoms in total. The minimum atomic E-state index is -0.0612. The molecule has 0 aromatic carbocycles. The van der Waals surface area contributed by atoms with Crippen LogP contribution in [-0.2, 0) is 9.53 Å². The van der Waals surface area contributed by atoms with E-state index in [9.17, 15) is 4.79 Å². The number of ether oxygens (including phenoxy) is 1.